The van der Waals surface area contributed by atoms with Crippen LogP contribution in [0, 0.1) is 6.92 Å². The molecule has 1 aromatic rings. The largest absolute Gasteiger partial charge is 0.338 e. The molecule has 1 aliphatic rings. The molecule has 2 unspecified atom stereocenters. The van der Waals surface area contributed by atoms with E-state index in [1.54, 1.807) is 6.92 Å². The van der Waals surface area contributed by atoms with E-state index in [0.717, 1.165) is 6.26 Å². The summed E-state index contributed by atoms with van der Waals surface area (Å²) >= 11 is 0. The standard InChI is InChI=1S/C9H16N4O3S/c1-6-10-9(16-11-6)8-4-7(5-13(8)2)12-17(3,14)15/h7-8,12H,4-5H2,1-3H3. The molecule has 1 saturated heterocycles. The van der Waals surface area contributed by atoms with Crippen LogP contribution in [0.25, 0.3) is 0 Å². The summed E-state index contributed by atoms with van der Waals surface area (Å²) < 4.78 is 30.0. The minimum absolute atomic E-state index is 0.0181. The summed E-state index contributed by atoms with van der Waals surface area (Å²) in [5.74, 6) is 1.13. The van der Waals surface area contributed by atoms with Crippen LogP contribution >= 0.6 is 0 Å². The number of nitrogens with one attached hydrogen (secondary N) is 1. The molecular formula is C9H16N4O3S. The van der Waals surface area contributed by atoms with Gasteiger partial charge >= 0.3 is 0 Å². The summed E-state index contributed by atoms with van der Waals surface area (Å²) in [7, 11) is -1.26. The lowest BCUT2D eigenvalue weighted by Crippen LogP contribution is -2.35. The van der Waals surface area contributed by atoms with Crippen molar-refractivity contribution in [2.45, 2.75) is 25.4 Å². The van der Waals surface area contributed by atoms with Gasteiger partial charge in [0.05, 0.1) is 12.3 Å². The molecule has 2 heterocycles. The van der Waals surface area contributed by atoms with Gasteiger partial charge in [-0.05, 0) is 20.4 Å². The fraction of sp³-hybridized carbons (Fsp3) is 0.778. The van der Waals surface area contributed by atoms with Crippen molar-refractivity contribution in [3.63, 3.8) is 0 Å². The van der Waals surface area contributed by atoms with Crippen LogP contribution in [-0.4, -0.2) is 49.3 Å². The van der Waals surface area contributed by atoms with Gasteiger partial charge in [-0.15, -0.1) is 0 Å². The van der Waals surface area contributed by atoms with E-state index in [4.69, 9.17) is 4.52 Å². The second kappa shape index (κ2) is 4.35. The van der Waals surface area contributed by atoms with Gasteiger partial charge in [-0.3, -0.25) is 4.90 Å². The van der Waals surface area contributed by atoms with Crippen molar-refractivity contribution in [3.05, 3.63) is 11.7 Å². The van der Waals surface area contributed by atoms with Crippen molar-refractivity contribution in [1.82, 2.24) is 19.8 Å². The topological polar surface area (TPSA) is 88.3 Å². The molecule has 0 bridgehead atoms. The van der Waals surface area contributed by atoms with Crippen molar-refractivity contribution in [1.29, 1.82) is 0 Å². The molecule has 2 rings (SSSR count). The first-order valence-corrected chi connectivity index (χ1v) is 7.22. The third-order valence-corrected chi connectivity index (χ3v) is 3.52. The minimum Gasteiger partial charge on any atom is -0.338 e. The van der Waals surface area contributed by atoms with Crippen molar-refractivity contribution in [2.75, 3.05) is 19.8 Å². The van der Waals surface area contributed by atoms with Crippen LogP contribution in [-0.2, 0) is 10.0 Å². The van der Waals surface area contributed by atoms with Crippen LogP contribution in [0.5, 0.6) is 0 Å². The van der Waals surface area contributed by atoms with Gasteiger partial charge in [0.2, 0.25) is 15.9 Å². The number of rotatable bonds is 3. The molecule has 1 fully saturated rings. The second-order valence-corrected chi connectivity index (χ2v) is 6.24. The van der Waals surface area contributed by atoms with Crippen LogP contribution < -0.4 is 4.72 Å². The normalized spacial score (nSPS) is 26.5. The third kappa shape index (κ3) is 3.02. The molecule has 0 saturated carbocycles. The number of aromatic nitrogens is 2. The van der Waals surface area contributed by atoms with Gasteiger partial charge in [0.15, 0.2) is 5.82 Å². The maximum Gasteiger partial charge on any atom is 0.244 e. The smallest absolute Gasteiger partial charge is 0.244 e. The fourth-order valence-electron chi connectivity index (χ4n) is 2.12. The molecule has 1 aliphatic heterocycles. The molecule has 0 spiro atoms. The van der Waals surface area contributed by atoms with Crippen LogP contribution in [0.4, 0.5) is 0 Å². The maximum atomic E-state index is 11.2. The highest BCUT2D eigenvalue weighted by Gasteiger charge is 2.35. The minimum atomic E-state index is -3.17. The van der Waals surface area contributed by atoms with Gasteiger partial charge in [0.25, 0.3) is 0 Å². The van der Waals surface area contributed by atoms with Gasteiger partial charge in [0, 0.05) is 12.6 Å². The monoisotopic (exact) mass is 260 g/mol. The van der Waals surface area contributed by atoms with Gasteiger partial charge in [0.1, 0.15) is 0 Å². The zero-order valence-electron chi connectivity index (χ0n) is 10.0. The maximum absolute atomic E-state index is 11.2. The number of aryl methyl sites for hydroxylation is 1. The Balaban J connectivity index is 2.08. The second-order valence-electron chi connectivity index (χ2n) is 4.46. The van der Waals surface area contributed by atoms with E-state index in [1.165, 1.54) is 0 Å². The molecule has 2 atom stereocenters. The molecule has 0 aromatic carbocycles. The Morgan fingerprint density at radius 3 is 2.76 bits per heavy atom. The summed E-state index contributed by atoms with van der Waals surface area (Å²) in [6.45, 7) is 2.40. The van der Waals surface area contributed by atoms with E-state index in [1.807, 2.05) is 11.9 Å². The molecule has 0 radical (unpaired) electrons. The van der Waals surface area contributed by atoms with Crippen LogP contribution in [0.15, 0.2) is 4.52 Å². The van der Waals surface area contributed by atoms with E-state index >= 15 is 0 Å². The quantitative estimate of drug-likeness (QED) is 0.800. The molecule has 7 nitrogen and oxygen atoms in total. The van der Waals surface area contributed by atoms with E-state index in [-0.39, 0.29) is 12.1 Å². The predicted molar refractivity (Wildman–Crippen MR) is 60.8 cm³/mol. The Hall–Kier alpha value is -0.990. The van der Waals surface area contributed by atoms with Gasteiger partial charge < -0.3 is 4.52 Å². The zero-order valence-corrected chi connectivity index (χ0v) is 10.9. The lowest BCUT2D eigenvalue weighted by molar-refractivity contribution is 0.244. The molecule has 1 aromatic heterocycles. The number of likely N-dealkylation sites (tertiary alicyclic amines) is 1. The Bertz CT molecular complexity index is 498. The van der Waals surface area contributed by atoms with Gasteiger partial charge in [-0.1, -0.05) is 5.16 Å². The van der Waals surface area contributed by atoms with E-state index in [9.17, 15) is 8.42 Å². The average molecular weight is 260 g/mol. The van der Waals surface area contributed by atoms with Crippen molar-refractivity contribution < 1.29 is 12.9 Å². The highest BCUT2D eigenvalue weighted by molar-refractivity contribution is 7.88. The molecule has 1 N–H and O–H groups in total. The van der Waals surface area contributed by atoms with Crippen LogP contribution in [0.3, 0.4) is 0 Å². The molecule has 96 valence electrons. The highest BCUT2D eigenvalue weighted by atomic mass is 32.2. The molecule has 0 aliphatic carbocycles. The van der Waals surface area contributed by atoms with Crippen LogP contribution in [0.1, 0.15) is 24.2 Å². The van der Waals surface area contributed by atoms with E-state index < -0.39 is 10.0 Å². The number of hydrogen-bond donors (Lipinski definition) is 1. The first-order chi connectivity index (χ1) is 7.85. The summed E-state index contributed by atoms with van der Waals surface area (Å²) in [4.78, 5) is 6.19. The van der Waals surface area contributed by atoms with E-state index in [0.29, 0.717) is 24.7 Å². The number of likely N-dealkylation sites (N-methyl/N-ethyl adjacent to an activating group) is 1. The van der Waals surface area contributed by atoms with Gasteiger partial charge in [-0.25, -0.2) is 13.1 Å². The summed E-state index contributed by atoms with van der Waals surface area (Å²) in [6.07, 6.45) is 1.81. The Kier molecular flexibility index (Phi) is 3.19. The Labute approximate surface area is 100 Å². The fourth-order valence-corrected chi connectivity index (χ4v) is 2.90. The molecule has 17 heavy (non-hydrogen) atoms. The average Bonchev–Trinajstić information content (AvgIpc) is 2.70. The predicted octanol–water partition coefficient (Wildman–Crippen LogP) is -0.328. The third-order valence-electron chi connectivity index (χ3n) is 2.76. The van der Waals surface area contributed by atoms with Gasteiger partial charge in [-0.2, -0.15) is 4.98 Å². The molecule has 8 heteroatoms. The van der Waals surface area contributed by atoms with Crippen LogP contribution in [0.2, 0.25) is 0 Å². The van der Waals surface area contributed by atoms with Crippen molar-refractivity contribution in [3.8, 4) is 0 Å². The first kappa shape index (κ1) is 12.5. The lowest BCUT2D eigenvalue weighted by atomic mass is 10.2. The summed E-state index contributed by atoms with van der Waals surface area (Å²) in [5.41, 5.74) is 0. The number of nitrogens with zero attached hydrogens (tertiary/aromatic N) is 3. The number of sulfonamides is 1. The first-order valence-electron chi connectivity index (χ1n) is 5.33. The zero-order chi connectivity index (χ0) is 12.6. The highest BCUT2D eigenvalue weighted by Crippen LogP contribution is 2.29. The Morgan fingerprint density at radius 1 is 1.53 bits per heavy atom. The number of hydrogen-bond acceptors (Lipinski definition) is 6. The summed E-state index contributed by atoms with van der Waals surface area (Å²) in [5, 5.41) is 3.74. The van der Waals surface area contributed by atoms with Crippen molar-refractivity contribution in [2.24, 2.45) is 0 Å². The van der Waals surface area contributed by atoms with E-state index in [2.05, 4.69) is 14.9 Å². The Morgan fingerprint density at radius 2 is 2.24 bits per heavy atom. The molecule has 0 amide bonds. The lowest BCUT2D eigenvalue weighted by Gasteiger charge is -2.13. The molecular weight excluding hydrogens is 244 g/mol. The van der Waals surface area contributed by atoms with Crippen molar-refractivity contribution >= 4 is 10.0 Å². The summed E-state index contributed by atoms with van der Waals surface area (Å²) in [6, 6.07) is -0.123. The SMILES string of the molecule is Cc1noc(C2CC(NS(C)(=O)=O)CN2C)n1.